The summed E-state index contributed by atoms with van der Waals surface area (Å²) in [5, 5.41) is 5.81. The maximum absolute atomic E-state index is 5.03. The zero-order chi connectivity index (χ0) is 24.0. The van der Waals surface area contributed by atoms with Crippen molar-refractivity contribution < 1.29 is 0 Å². The van der Waals surface area contributed by atoms with Gasteiger partial charge in [-0.3, -0.25) is 0 Å². The van der Waals surface area contributed by atoms with Crippen molar-refractivity contribution in [3.63, 3.8) is 0 Å². The van der Waals surface area contributed by atoms with Crippen molar-refractivity contribution >= 4 is 10.8 Å². The van der Waals surface area contributed by atoms with E-state index in [9.17, 15) is 0 Å². The molecule has 0 saturated heterocycles. The molecular weight excluding hydrogens is 430 g/mol. The Morgan fingerprint density at radius 1 is 0.857 bits per heavy atom. The van der Waals surface area contributed by atoms with Crippen LogP contribution in [0.5, 0.6) is 0 Å². The Balaban J connectivity index is 1.51. The second-order valence-electron chi connectivity index (χ2n) is 10.2. The molecule has 2 heterocycles. The van der Waals surface area contributed by atoms with Gasteiger partial charge in [0.05, 0.1) is 18.1 Å². The van der Waals surface area contributed by atoms with Gasteiger partial charge in [-0.1, -0.05) is 62.1 Å². The summed E-state index contributed by atoms with van der Waals surface area (Å²) >= 11 is 0. The smallest absolute Gasteiger partial charge is 0.158 e. The number of nitrogens with one attached hydrogen (secondary N) is 1. The van der Waals surface area contributed by atoms with E-state index >= 15 is 0 Å². The first-order valence-corrected chi connectivity index (χ1v) is 13.5. The number of rotatable bonds is 10. The van der Waals surface area contributed by atoms with Crippen molar-refractivity contribution in [2.24, 2.45) is 5.92 Å². The average molecular weight is 470 g/mol. The number of hydrogen-bond donors (Lipinski definition) is 1. The van der Waals surface area contributed by atoms with Crippen LogP contribution in [-0.2, 0) is 13.1 Å². The highest BCUT2D eigenvalue weighted by Gasteiger charge is 2.22. The maximum atomic E-state index is 5.03. The van der Waals surface area contributed by atoms with Crippen LogP contribution in [0.25, 0.3) is 33.5 Å². The van der Waals surface area contributed by atoms with Crippen molar-refractivity contribution in [3.8, 4) is 22.8 Å². The van der Waals surface area contributed by atoms with Crippen LogP contribution < -0.4 is 5.32 Å². The highest BCUT2D eigenvalue weighted by Crippen LogP contribution is 2.33. The van der Waals surface area contributed by atoms with Crippen LogP contribution >= 0.6 is 0 Å². The molecule has 0 radical (unpaired) electrons. The van der Waals surface area contributed by atoms with Gasteiger partial charge in [-0.2, -0.15) is 0 Å². The second kappa shape index (κ2) is 11.2. The third-order valence-corrected chi connectivity index (χ3v) is 7.66. The van der Waals surface area contributed by atoms with Crippen LogP contribution in [0.15, 0.2) is 54.9 Å². The summed E-state index contributed by atoms with van der Waals surface area (Å²) in [5.41, 5.74) is 3.61. The zero-order valence-electron chi connectivity index (χ0n) is 21.3. The Bertz CT molecular complexity index is 1240. The number of aromatic nitrogens is 4. The highest BCUT2D eigenvalue weighted by atomic mass is 15.2. The van der Waals surface area contributed by atoms with E-state index in [-0.39, 0.29) is 0 Å². The summed E-state index contributed by atoms with van der Waals surface area (Å²) in [6, 6.07) is 15.4. The van der Waals surface area contributed by atoms with Gasteiger partial charge in [-0.05, 0) is 69.0 Å². The van der Waals surface area contributed by atoms with Crippen molar-refractivity contribution in [3.05, 3.63) is 60.7 Å². The fourth-order valence-electron chi connectivity index (χ4n) is 5.65. The van der Waals surface area contributed by atoms with Gasteiger partial charge in [0.2, 0.25) is 0 Å². The lowest BCUT2D eigenvalue weighted by Crippen LogP contribution is -2.16. The molecule has 5 heteroatoms. The third-order valence-electron chi connectivity index (χ3n) is 7.66. The summed E-state index contributed by atoms with van der Waals surface area (Å²) in [6.45, 7) is 5.23. The summed E-state index contributed by atoms with van der Waals surface area (Å²) in [5.74, 6) is 2.86. The van der Waals surface area contributed by atoms with E-state index in [1.165, 1.54) is 67.0 Å². The predicted molar refractivity (Wildman–Crippen MR) is 145 cm³/mol. The molecule has 1 aliphatic rings. The second-order valence-corrected chi connectivity index (χ2v) is 10.2. The molecule has 0 aliphatic heterocycles. The molecular formula is C30H39N5. The third kappa shape index (κ3) is 5.35. The van der Waals surface area contributed by atoms with Crippen molar-refractivity contribution in [2.75, 3.05) is 13.6 Å². The van der Waals surface area contributed by atoms with E-state index in [0.717, 1.165) is 49.3 Å². The van der Waals surface area contributed by atoms with Crippen LogP contribution in [-0.4, -0.2) is 32.7 Å². The Morgan fingerprint density at radius 3 is 2.49 bits per heavy atom. The van der Waals surface area contributed by atoms with Crippen molar-refractivity contribution in [1.29, 1.82) is 0 Å². The van der Waals surface area contributed by atoms with Crippen LogP contribution in [0.4, 0.5) is 0 Å². The molecule has 0 atom stereocenters. The minimum absolute atomic E-state index is 0.718. The van der Waals surface area contributed by atoms with Crippen LogP contribution in [0, 0.1) is 12.8 Å². The van der Waals surface area contributed by atoms with E-state index in [0.29, 0.717) is 0 Å². The number of hydrogen-bond acceptors (Lipinski definition) is 3. The summed E-state index contributed by atoms with van der Waals surface area (Å²) in [6.07, 6.45) is 14.4. The number of imidazole rings is 2. The van der Waals surface area contributed by atoms with E-state index in [2.05, 4.69) is 70.0 Å². The van der Waals surface area contributed by atoms with Gasteiger partial charge >= 0.3 is 0 Å². The highest BCUT2D eigenvalue weighted by molar-refractivity contribution is 5.87. The molecule has 0 amide bonds. The Hall–Kier alpha value is -2.92. The largest absolute Gasteiger partial charge is 0.326 e. The number of aryl methyl sites for hydroxylation is 1. The summed E-state index contributed by atoms with van der Waals surface area (Å²) in [7, 11) is 2.03. The lowest BCUT2D eigenvalue weighted by molar-refractivity contribution is 0.321. The molecule has 1 saturated carbocycles. The molecule has 2 aromatic heterocycles. The van der Waals surface area contributed by atoms with Gasteiger partial charge in [-0.15, -0.1) is 0 Å². The molecule has 184 valence electrons. The number of benzene rings is 2. The fraction of sp³-hybridized carbons (Fsp3) is 0.467. The monoisotopic (exact) mass is 469 g/mol. The molecule has 0 spiro atoms. The van der Waals surface area contributed by atoms with Crippen molar-refractivity contribution in [2.45, 2.75) is 71.4 Å². The van der Waals surface area contributed by atoms with Gasteiger partial charge in [0, 0.05) is 18.7 Å². The topological polar surface area (TPSA) is 47.7 Å². The first-order chi connectivity index (χ1) is 17.2. The minimum atomic E-state index is 0.718. The number of fused-ring (bicyclic) bond motifs is 1. The summed E-state index contributed by atoms with van der Waals surface area (Å²) in [4.78, 5) is 9.75. The number of nitrogens with zero attached hydrogens (tertiary/aromatic N) is 4. The summed E-state index contributed by atoms with van der Waals surface area (Å²) < 4.78 is 4.87. The molecule has 0 bridgehead atoms. The first-order valence-electron chi connectivity index (χ1n) is 13.5. The molecule has 5 nitrogen and oxygen atoms in total. The zero-order valence-corrected chi connectivity index (χ0v) is 21.3. The van der Waals surface area contributed by atoms with E-state index in [1.54, 1.807) is 0 Å². The molecule has 5 rings (SSSR count). The molecule has 4 aromatic rings. The van der Waals surface area contributed by atoms with Crippen molar-refractivity contribution in [1.82, 2.24) is 24.4 Å². The molecule has 0 unspecified atom stereocenters. The maximum Gasteiger partial charge on any atom is 0.158 e. The minimum Gasteiger partial charge on any atom is -0.326 e. The van der Waals surface area contributed by atoms with Crippen LogP contribution in [0.3, 0.4) is 0 Å². The van der Waals surface area contributed by atoms with Crippen LogP contribution in [0.1, 0.15) is 57.2 Å². The van der Waals surface area contributed by atoms with Gasteiger partial charge < -0.3 is 14.5 Å². The van der Waals surface area contributed by atoms with Crippen LogP contribution in [0.2, 0.25) is 0 Å². The van der Waals surface area contributed by atoms with Gasteiger partial charge in [0.15, 0.2) is 5.82 Å². The van der Waals surface area contributed by atoms with E-state index in [4.69, 9.17) is 9.97 Å². The normalized spacial score (nSPS) is 14.7. The van der Waals surface area contributed by atoms with Gasteiger partial charge in [-0.25, -0.2) is 9.97 Å². The lowest BCUT2D eigenvalue weighted by Gasteiger charge is -2.24. The SMILES string of the molecule is CNCCCCCn1c(-c2ncc(-c3ccc4ccccc4c3)n2CC2CCCCC2)cnc1C. The quantitative estimate of drug-likeness (QED) is 0.259. The molecule has 2 aromatic carbocycles. The Morgan fingerprint density at radius 2 is 1.66 bits per heavy atom. The lowest BCUT2D eigenvalue weighted by atomic mass is 9.89. The van der Waals surface area contributed by atoms with E-state index < -0.39 is 0 Å². The molecule has 35 heavy (non-hydrogen) atoms. The predicted octanol–water partition coefficient (Wildman–Crippen LogP) is 6.85. The average Bonchev–Trinajstić information content (AvgIpc) is 3.47. The standard InChI is InChI=1S/C30H39N5/c1-23-32-21-29(34(23)18-10-4-9-17-31-2)30-33-20-28(35(30)22-24-11-5-3-6-12-24)27-16-15-25-13-7-8-14-26(25)19-27/h7-8,13-16,19-21,24,31H,3-6,9-12,17-18,22H2,1-2H3. The number of unbranched alkanes of at least 4 members (excludes halogenated alkanes) is 2. The molecule has 1 N–H and O–H groups in total. The molecule has 1 aliphatic carbocycles. The Kier molecular flexibility index (Phi) is 7.63. The van der Waals surface area contributed by atoms with E-state index in [1.807, 2.05) is 13.2 Å². The Labute approximate surface area is 209 Å². The first kappa shape index (κ1) is 23.8. The van der Waals surface area contributed by atoms with Gasteiger partial charge in [0.1, 0.15) is 11.5 Å². The van der Waals surface area contributed by atoms with Gasteiger partial charge in [0.25, 0.3) is 0 Å². The molecule has 1 fully saturated rings. The fourth-order valence-corrected chi connectivity index (χ4v) is 5.65.